The average Bonchev–Trinajstić information content (AvgIpc) is 3.34. The molecule has 1 N–H and O–H groups in total. The van der Waals surface area contributed by atoms with Crippen LogP contribution in [0, 0.1) is 12.8 Å². The summed E-state index contributed by atoms with van der Waals surface area (Å²) in [7, 11) is 0. The minimum Gasteiger partial charge on any atom is -0.349 e. The Labute approximate surface area is 165 Å². The largest absolute Gasteiger partial charge is 0.349 e. The molecular weight excluding hydrogens is 366 g/mol. The summed E-state index contributed by atoms with van der Waals surface area (Å²) >= 11 is 0. The number of aromatic nitrogens is 2. The van der Waals surface area contributed by atoms with Gasteiger partial charge in [-0.05, 0) is 61.6 Å². The second-order valence-corrected chi connectivity index (χ2v) is 7.21. The Morgan fingerprint density at radius 2 is 1.93 bits per heavy atom. The standard InChI is InChI=1S/C19H25N5O2.ClH/c1-14-18(22-26-21-14)23-8-10-24(11-9-23)19(25)17-4-2-15(3-5-17)12-16-6-7-20-13-16;/h2-5,16,20H,6-13H2,1H3;1H. The monoisotopic (exact) mass is 391 g/mol. The molecule has 1 aromatic heterocycles. The van der Waals surface area contributed by atoms with Crippen molar-refractivity contribution >= 4 is 24.1 Å². The average molecular weight is 392 g/mol. The van der Waals surface area contributed by atoms with Crippen molar-refractivity contribution in [3.8, 4) is 0 Å². The second kappa shape index (κ2) is 8.71. The first-order valence-corrected chi connectivity index (χ1v) is 9.34. The molecule has 8 heteroatoms. The number of amides is 1. The summed E-state index contributed by atoms with van der Waals surface area (Å²) in [4.78, 5) is 16.8. The maximum absolute atomic E-state index is 12.8. The van der Waals surface area contributed by atoms with Gasteiger partial charge in [0.1, 0.15) is 5.69 Å². The lowest BCUT2D eigenvalue weighted by atomic mass is 9.98. The molecular formula is C19H26ClN5O2. The van der Waals surface area contributed by atoms with Gasteiger partial charge in [0.05, 0.1) is 0 Å². The SMILES string of the molecule is Cc1nonc1N1CCN(C(=O)c2ccc(CC3CCNC3)cc2)CC1.Cl. The molecule has 4 rings (SSSR count). The first-order chi connectivity index (χ1) is 12.7. The Bertz CT molecular complexity index is 750. The van der Waals surface area contributed by atoms with Gasteiger partial charge < -0.3 is 15.1 Å². The Balaban J connectivity index is 0.00000210. The molecule has 0 radical (unpaired) electrons. The molecule has 27 heavy (non-hydrogen) atoms. The number of halogens is 1. The maximum Gasteiger partial charge on any atom is 0.253 e. The highest BCUT2D eigenvalue weighted by atomic mass is 35.5. The zero-order chi connectivity index (χ0) is 17.9. The van der Waals surface area contributed by atoms with Crippen molar-refractivity contribution in [2.75, 3.05) is 44.2 Å². The van der Waals surface area contributed by atoms with Crippen LogP contribution in [-0.2, 0) is 6.42 Å². The van der Waals surface area contributed by atoms with Crippen molar-refractivity contribution < 1.29 is 9.42 Å². The molecule has 3 heterocycles. The van der Waals surface area contributed by atoms with Crippen LogP contribution in [0.5, 0.6) is 0 Å². The number of carbonyl (C=O) groups is 1. The topological polar surface area (TPSA) is 74.5 Å². The molecule has 146 valence electrons. The van der Waals surface area contributed by atoms with Crippen LogP contribution >= 0.6 is 12.4 Å². The Hall–Kier alpha value is -2.12. The number of anilines is 1. The van der Waals surface area contributed by atoms with Crippen molar-refractivity contribution in [2.24, 2.45) is 5.92 Å². The molecule has 1 unspecified atom stereocenters. The third kappa shape index (κ3) is 4.42. The van der Waals surface area contributed by atoms with E-state index in [1.807, 2.05) is 24.0 Å². The van der Waals surface area contributed by atoms with E-state index >= 15 is 0 Å². The molecule has 2 saturated heterocycles. The number of hydrogen-bond donors (Lipinski definition) is 1. The van der Waals surface area contributed by atoms with Crippen molar-refractivity contribution in [2.45, 2.75) is 19.8 Å². The minimum atomic E-state index is 0. The van der Waals surface area contributed by atoms with Gasteiger partial charge in [-0.15, -0.1) is 12.4 Å². The Morgan fingerprint density at radius 1 is 1.19 bits per heavy atom. The van der Waals surface area contributed by atoms with E-state index in [1.165, 1.54) is 12.0 Å². The molecule has 0 spiro atoms. The van der Waals surface area contributed by atoms with E-state index in [2.05, 4.69) is 32.7 Å². The van der Waals surface area contributed by atoms with Gasteiger partial charge in [-0.1, -0.05) is 17.3 Å². The molecule has 1 aromatic carbocycles. The van der Waals surface area contributed by atoms with Crippen LogP contribution in [0.15, 0.2) is 28.9 Å². The number of nitrogens with one attached hydrogen (secondary N) is 1. The number of hydrogen-bond acceptors (Lipinski definition) is 6. The number of nitrogens with zero attached hydrogens (tertiary/aromatic N) is 4. The third-order valence-electron chi connectivity index (χ3n) is 5.38. The van der Waals surface area contributed by atoms with Crippen LogP contribution < -0.4 is 10.2 Å². The second-order valence-electron chi connectivity index (χ2n) is 7.21. The van der Waals surface area contributed by atoms with Crippen molar-refractivity contribution in [1.29, 1.82) is 0 Å². The fourth-order valence-electron chi connectivity index (χ4n) is 3.82. The summed E-state index contributed by atoms with van der Waals surface area (Å²) in [6.45, 7) is 6.96. The highest BCUT2D eigenvalue weighted by Crippen LogP contribution is 2.19. The summed E-state index contributed by atoms with van der Waals surface area (Å²) in [5.41, 5.74) is 2.87. The van der Waals surface area contributed by atoms with Crippen LogP contribution in [0.2, 0.25) is 0 Å². The van der Waals surface area contributed by atoms with Crippen molar-refractivity contribution in [1.82, 2.24) is 20.5 Å². The fraction of sp³-hybridized carbons (Fsp3) is 0.526. The minimum absolute atomic E-state index is 0. The van der Waals surface area contributed by atoms with Gasteiger partial charge in [0, 0.05) is 31.7 Å². The van der Waals surface area contributed by atoms with E-state index in [0.29, 0.717) is 13.1 Å². The first kappa shape index (κ1) is 19.6. The molecule has 2 aliphatic heterocycles. The molecule has 2 fully saturated rings. The molecule has 0 bridgehead atoms. The lowest BCUT2D eigenvalue weighted by Crippen LogP contribution is -2.49. The van der Waals surface area contributed by atoms with E-state index < -0.39 is 0 Å². The molecule has 0 saturated carbocycles. The summed E-state index contributed by atoms with van der Waals surface area (Å²) in [5.74, 6) is 1.61. The summed E-state index contributed by atoms with van der Waals surface area (Å²) < 4.78 is 4.77. The van der Waals surface area contributed by atoms with E-state index in [1.54, 1.807) is 0 Å². The van der Waals surface area contributed by atoms with Gasteiger partial charge in [-0.2, -0.15) is 0 Å². The van der Waals surface area contributed by atoms with Crippen LogP contribution in [0.3, 0.4) is 0 Å². The summed E-state index contributed by atoms with van der Waals surface area (Å²) in [6, 6.07) is 8.15. The van der Waals surface area contributed by atoms with Gasteiger partial charge >= 0.3 is 0 Å². The molecule has 2 aliphatic rings. The highest BCUT2D eigenvalue weighted by molar-refractivity contribution is 5.94. The van der Waals surface area contributed by atoms with Crippen LogP contribution in [0.4, 0.5) is 5.82 Å². The van der Waals surface area contributed by atoms with Gasteiger partial charge in [0.2, 0.25) is 0 Å². The predicted octanol–water partition coefficient (Wildman–Crippen LogP) is 1.91. The molecule has 7 nitrogen and oxygen atoms in total. The number of piperazine rings is 1. The van der Waals surface area contributed by atoms with Gasteiger partial charge in [0.25, 0.3) is 5.91 Å². The quantitative estimate of drug-likeness (QED) is 0.858. The van der Waals surface area contributed by atoms with Crippen molar-refractivity contribution in [3.63, 3.8) is 0 Å². The van der Waals surface area contributed by atoms with Crippen molar-refractivity contribution in [3.05, 3.63) is 41.1 Å². The van der Waals surface area contributed by atoms with Crippen LogP contribution in [0.25, 0.3) is 0 Å². The van der Waals surface area contributed by atoms with Gasteiger partial charge in [-0.3, -0.25) is 4.79 Å². The fourth-order valence-corrected chi connectivity index (χ4v) is 3.82. The normalized spacial score (nSPS) is 19.8. The summed E-state index contributed by atoms with van der Waals surface area (Å²) in [5, 5.41) is 11.2. The van der Waals surface area contributed by atoms with E-state index in [-0.39, 0.29) is 18.3 Å². The number of carbonyl (C=O) groups excluding carboxylic acids is 1. The third-order valence-corrected chi connectivity index (χ3v) is 5.38. The van der Waals surface area contributed by atoms with E-state index in [4.69, 9.17) is 4.63 Å². The molecule has 2 aromatic rings. The number of benzene rings is 1. The Kier molecular flexibility index (Phi) is 6.34. The number of aryl methyl sites for hydroxylation is 1. The zero-order valence-corrected chi connectivity index (χ0v) is 16.4. The maximum atomic E-state index is 12.8. The predicted molar refractivity (Wildman–Crippen MR) is 106 cm³/mol. The molecule has 1 amide bonds. The Morgan fingerprint density at radius 3 is 2.52 bits per heavy atom. The summed E-state index contributed by atoms with van der Waals surface area (Å²) in [6.07, 6.45) is 2.33. The highest BCUT2D eigenvalue weighted by Gasteiger charge is 2.25. The number of rotatable bonds is 4. The zero-order valence-electron chi connectivity index (χ0n) is 15.6. The lowest BCUT2D eigenvalue weighted by molar-refractivity contribution is 0.0746. The lowest BCUT2D eigenvalue weighted by Gasteiger charge is -2.34. The molecule has 1 atom stereocenters. The van der Waals surface area contributed by atoms with E-state index in [0.717, 1.165) is 55.6 Å². The van der Waals surface area contributed by atoms with Gasteiger partial charge in [-0.25, -0.2) is 4.63 Å². The first-order valence-electron chi connectivity index (χ1n) is 9.34. The van der Waals surface area contributed by atoms with Crippen LogP contribution in [0.1, 0.15) is 28.0 Å². The smallest absolute Gasteiger partial charge is 0.253 e. The van der Waals surface area contributed by atoms with E-state index in [9.17, 15) is 4.79 Å². The molecule has 0 aliphatic carbocycles. The van der Waals surface area contributed by atoms with Crippen LogP contribution in [-0.4, -0.2) is 60.4 Å². The van der Waals surface area contributed by atoms with Gasteiger partial charge in [0.15, 0.2) is 5.82 Å².